The van der Waals surface area contributed by atoms with E-state index in [0.29, 0.717) is 12.2 Å². The summed E-state index contributed by atoms with van der Waals surface area (Å²) < 4.78 is 0. The Labute approximate surface area is 83.8 Å². The Morgan fingerprint density at radius 3 is 2.71 bits per heavy atom. The fourth-order valence-electron chi connectivity index (χ4n) is 1.03. The van der Waals surface area contributed by atoms with E-state index in [4.69, 9.17) is 0 Å². The third-order valence-corrected chi connectivity index (χ3v) is 1.54. The van der Waals surface area contributed by atoms with E-state index in [9.17, 15) is 4.79 Å². The smallest absolute Gasteiger partial charge is 0.226 e. The van der Waals surface area contributed by atoms with Gasteiger partial charge in [0.2, 0.25) is 5.91 Å². The van der Waals surface area contributed by atoms with Crippen molar-refractivity contribution in [2.45, 2.75) is 27.2 Å². The zero-order chi connectivity index (χ0) is 10.6. The van der Waals surface area contributed by atoms with Gasteiger partial charge in [0.1, 0.15) is 12.1 Å². The second kappa shape index (κ2) is 4.17. The summed E-state index contributed by atoms with van der Waals surface area (Å²) in [6, 6.07) is 1.67. The average molecular weight is 193 g/mol. The van der Waals surface area contributed by atoms with Crippen LogP contribution < -0.4 is 5.32 Å². The largest absolute Gasteiger partial charge is 0.311 e. The van der Waals surface area contributed by atoms with Crippen molar-refractivity contribution in [3.63, 3.8) is 0 Å². The maximum Gasteiger partial charge on any atom is 0.226 e. The Kier molecular flexibility index (Phi) is 3.17. The lowest BCUT2D eigenvalue weighted by atomic mass is 9.92. The van der Waals surface area contributed by atoms with Crippen LogP contribution in [0.15, 0.2) is 18.6 Å². The Bertz CT molecular complexity index is 303. The van der Waals surface area contributed by atoms with Crippen LogP contribution in [-0.2, 0) is 4.79 Å². The van der Waals surface area contributed by atoms with E-state index in [2.05, 4.69) is 15.3 Å². The average Bonchev–Trinajstić information content (AvgIpc) is 2.02. The minimum absolute atomic E-state index is 0.00286. The lowest BCUT2D eigenvalue weighted by molar-refractivity contribution is -0.117. The van der Waals surface area contributed by atoms with Gasteiger partial charge in [-0.3, -0.25) is 4.79 Å². The zero-order valence-corrected chi connectivity index (χ0v) is 8.74. The monoisotopic (exact) mass is 193 g/mol. The van der Waals surface area contributed by atoms with Crippen LogP contribution in [-0.4, -0.2) is 15.9 Å². The molecule has 0 aliphatic heterocycles. The molecule has 0 atom stereocenters. The lowest BCUT2D eigenvalue weighted by Gasteiger charge is -2.16. The molecule has 0 fully saturated rings. The molecule has 0 aliphatic carbocycles. The van der Waals surface area contributed by atoms with Crippen molar-refractivity contribution < 1.29 is 4.79 Å². The van der Waals surface area contributed by atoms with Crippen LogP contribution in [0.2, 0.25) is 0 Å². The van der Waals surface area contributed by atoms with Gasteiger partial charge in [0.25, 0.3) is 0 Å². The fraction of sp³-hybridized carbons (Fsp3) is 0.500. The molecule has 1 rings (SSSR count). The molecule has 0 saturated heterocycles. The predicted octanol–water partition coefficient (Wildman–Crippen LogP) is 1.85. The van der Waals surface area contributed by atoms with Crippen LogP contribution in [0.1, 0.15) is 27.2 Å². The highest BCUT2D eigenvalue weighted by molar-refractivity contribution is 5.89. The molecule has 1 N–H and O–H groups in total. The Morgan fingerprint density at radius 2 is 2.21 bits per heavy atom. The lowest BCUT2D eigenvalue weighted by Crippen LogP contribution is -2.20. The van der Waals surface area contributed by atoms with Crippen molar-refractivity contribution in [1.29, 1.82) is 0 Å². The summed E-state index contributed by atoms with van der Waals surface area (Å²) in [5.41, 5.74) is -0.00286. The molecule has 1 aromatic rings. The van der Waals surface area contributed by atoms with Crippen molar-refractivity contribution >= 4 is 11.7 Å². The van der Waals surface area contributed by atoms with Crippen LogP contribution in [0, 0.1) is 5.41 Å². The first kappa shape index (κ1) is 10.6. The highest BCUT2D eigenvalue weighted by Gasteiger charge is 2.15. The standard InChI is InChI=1S/C10H15N3O/c1-10(2,3)6-9(14)13-8-4-5-11-7-12-8/h4-5,7H,6H2,1-3H3,(H,11,12,13,14). The van der Waals surface area contributed by atoms with Gasteiger partial charge >= 0.3 is 0 Å². The molecule has 76 valence electrons. The Hall–Kier alpha value is -1.45. The Balaban J connectivity index is 2.50. The van der Waals surface area contributed by atoms with Crippen LogP contribution in [0.5, 0.6) is 0 Å². The summed E-state index contributed by atoms with van der Waals surface area (Å²) in [5.74, 6) is 0.533. The molecule has 1 amide bonds. The van der Waals surface area contributed by atoms with E-state index < -0.39 is 0 Å². The number of amides is 1. The third kappa shape index (κ3) is 3.98. The van der Waals surface area contributed by atoms with Crippen LogP contribution >= 0.6 is 0 Å². The number of carbonyl (C=O) groups excluding carboxylic acids is 1. The molecule has 0 bridgehead atoms. The second-order valence-corrected chi connectivity index (χ2v) is 4.38. The van der Waals surface area contributed by atoms with Crippen LogP contribution in [0.3, 0.4) is 0 Å². The van der Waals surface area contributed by atoms with Gasteiger partial charge in [-0.05, 0) is 11.5 Å². The van der Waals surface area contributed by atoms with E-state index in [1.54, 1.807) is 12.3 Å². The van der Waals surface area contributed by atoms with E-state index in [1.165, 1.54) is 6.33 Å². The van der Waals surface area contributed by atoms with Crippen LogP contribution in [0.4, 0.5) is 5.82 Å². The molecule has 0 unspecified atom stereocenters. The molecule has 0 aliphatic rings. The number of hydrogen-bond donors (Lipinski definition) is 1. The van der Waals surface area contributed by atoms with Gasteiger partial charge < -0.3 is 5.32 Å². The number of hydrogen-bond acceptors (Lipinski definition) is 3. The second-order valence-electron chi connectivity index (χ2n) is 4.38. The molecule has 0 aromatic carbocycles. The molecule has 1 aromatic heterocycles. The van der Waals surface area contributed by atoms with Gasteiger partial charge in [-0.15, -0.1) is 0 Å². The van der Waals surface area contributed by atoms with Crippen molar-refractivity contribution in [3.05, 3.63) is 18.6 Å². The molecular formula is C10H15N3O. The van der Waals surface area contributed by atoms with Gasteiger partial charge in [-0.25, -0.2) is 9.97 Å². The summed E-state index contributed by atoms with van der Waals surface area (Å²) in [6.07, 6.45) is 3.49. The first-order valence-electron chi connectivity index (χ1n) is 4.53. The molecule has 1 heterocycles. The maximum atomic E-state index is 11.5. The number of aromatic nitrogens is 2. The van der Waals surface area contributed by atoms with Crippen molar-refractivity contribution in [1.82, 2.24) is 9.97 Å². The molecule has 0 radical (unpaired) electrons. The van der Waals surface area contributed by atoms with E-state index in [0.717, 1.165) is 0 Å². The molecule has 4 nitrogen and oxygen atoms in total. The molecule has 4 heteroatoms. The number of anilines is 1. The van der Waals surface area contributed by atoms with Gasteiger partial charge in [0.05, 0.1) is 0 Å². The quantitative estimate of drug-likeness (QED) is 0.779. The predicted molar refractivity (Wildman–Crippen MR) is 54.7 cm³/mol. The first-order valence-corrected chi connectivity index (χ1v) is 4.53. The number of carbonyl (C=O) groups is 1. The number of rotatable bonds is 2. The highest BCUT2D eigenvalue weighted by Crippen LogP contribution is 2.18. The fourth-order valence-corrected chi connectivity index (χ4v) is 1.03. The van der Waals surface area contributed by atoms with E-state index >= 15 is 0 Å². The third-order valence-electron chi connectivity index (χ3n) is 1.54. The summed E-state index contributed by atoms with van der Waals surface area (Å²) in [7, 11) is 0. The van der Waals surface area contributed by atoms with Gasteiger partial charge in [-0.1, -0.05) is 20.8 Å². The van der Waals surface area contributed by atoms with E-state index in [-0.39, 0.29) is 11.3 Å². The first-order chi connectivity index (χ1) is 6.47. The van der Waals surface area contributed by atoms with Crippen molar-refractivity contribution in [3.8, 4) is 0 Å². The molecule has 0 spiro atoms. The maximum absolute atomic E-state index is 11.5. The number of nitrogens with zero attached hydrogens (tertiary/aromatic N) is 2. The SMILES string of the molecule is CC(C)(C)CC(=O)Nc1ccncn1. The van der Waals surface area contributed by atoms with Crippen molar-refractivity contribution in [2.75, 3.05) is 5.32 Å². The Morgan fingerprint density at radius 1 is 1.50 bits per heavy atom. The minimum Gasteiger partial charge on any atom is -0.311 e. The minimum atomic E-state index is -0.0174. The molecule has 0 saturated carbocycles. The highest BCUT2D eigenvalue weighted by atomic mass is 16.1. The molecular weight excluding hydrogens is 178 g/mol. The van der Waals surface area contributed by atoms with E-state index in [1.807, 2.05) is 20.8 Å². The summed E-state index contributed by atoms with van der Waals surface area (Å²) >= 11 is 0. The van der Waals surface area contributed by atoms with Gasteiger partial charge in [0.15, 0.2) is 0 Å². The zero-order valence-electron chi connectivity index (χ0n) is 8.74. The van der Waals surface area contributed by atoms with Crippen LogP contribution in [0.25, 0.3) is 0 Å². The summed E-state index contributed by atoms with van der Waals surface area (Å²) in [6.45, 7) is 6.06. The number of nitrogens with one attached hydrogen (secondary N) is 1. The summed E-state index contributed by atoms with van der Waals surface area (Å²) in [4.78, 5) is 19.1. The van der Waals surface area contributed by atoms with Crippen molar-refractivity contribution in [2.24, 2.45) is 5.41 Å². The molecule has 14 heavy (non-hydrogen) atoms. The van der Waals surface area contributed by atoms with Gasteiger partial charge in [-0.2, -0.15) is 0 Å². The normalized spacial score (nSPS) is 11.1. The van der Waals surface area contributed by atoms with Gasteiger partial charge in [0, 0.05) is 12.6 Å². The summed E-state index contributed by atoms with van der Waals surface area (Å²) in [5, 5.41) is 2.71. The topological polar surface area (TPSA) is 54.9 Å².